The number of hydrogen-bond donors (Lipinski definition) is 1. The second kappa shape index (κ2) is 5.33. The van der Waals surface area contributed by atoms with Gasteiger partial charge in [0.2, 0.25) is 0 Å². The molecule has 2 aliphatic rings. The van der Waals surface area contributed by atoms with Crippen molar-refractivity contribution >= 4 is 0 Å². The number of hydrogen-bond acceptors (Lipinski definition) is 2. The van der Waals surface area contributed by atoms with Crippen LogP contribution in [0.5, 0.6) is 0 Å². The van der Waals surface area contributed by atoms with E-state index in [1.54, 1.807) is 0 Å². The first kappa shape index (κ1) is 12.1. The van der Waals surface area contributed by atoms with E-state index in [1.165, 1.54) is 38.8 Å². The second-order valence-corrected chi connectivity index (χ2v) is 5.77. The lowest BCUT2D eigenvalue weighted by Gasteiger charge is -2.31. The smallest absolute Gasteiger partial charge is 0.0111 e. The van der Waals surface area contributed by atoms with E-state index in [-0.39, 0.29) is 0 Å². The SMILES string of the molecule is C=CCCCN(C)CC1C2CCC(C2)C1N. The summed E-state index contributed by atoms with van der Waals surface area (Å²) in [5, 5.41) is 0. The van der Waals surface area contributed by atoms with Crippen molar-refractivity contribution in [3.63, 3.8) is 0 Å². The van der Waals surface area contributed by atoms with Gasteiger partial charge in [0, 0.05) is 12.6 Å². The predicted octanol–water partition coefficient (Wildman–Crippen LogP) is 2.26. The Hall–Kier alpha value is -0.340. The van der Waals surface area contributed by atoms with Crippen LogP contribution in [0.15, 0.2) is 12.7 Å². The van der Waals surface area contributed by atoms with Crippen LogP contribution in [-0.4, -0.2) is 31.1 Å². The molecule has 0 amide bonds. The summed E-state index contributed by atoms with van der Waals surface area (Å²) in [6.45, 7) is 6.16. The third-order valence-electron chi connectivity index (χ3n) is 4.63. The van der Waals surface area contributed by atoms with Crippen LogP contribution in [-0.2, 0) is 0 Å². The third-order valence-corrected chi connectivity index (χ3v) is 4.63. The summed E-state index contributed by atoms with van der Waals surface area (Å²) in [6, 6.07) is 0.487. The molecule has 0 aromatic carbocycles. The number of nitrogens with zero attached hydrogens (tertiary/aromatic N) is 1. The van der Waals surface area contributed by atoms with Crippen LogP contribution in [0.1, 0.15) is 32.1 Å². The average Bonchev–Trinajstić information content (AvgIpc) is 2.83. The minimum absolute atomic E-state index is 0.487. The topological polar surface area (TPSA) is 29.3 Å². The summed E-state index contributed by atoms with van der Waals surface area (Å²) < 4.78 is 0. The molecule has 0 radical (unpaired) electrons. The fraction of sp³-hybridized carbons (Fsp3) is 0.857. The minimum Gasteiger partial charge on any atom is -0.327 e. The maximum absolute atomic E-state index is 6.32. The number of allylic oxidation sites excluding steroid dienone is 1. The number of unbranched alkanes of at least 4 members (excludes halogenated alkanes) is 1. The van der Waals surface area contributed by atoms with Crippen molar-refractivity contribution in [1.82, 2.24) is 4.90 Å². The molecule has 4 unspecified atom stereocenters. The lowest BCUT2D eigenvalue weighted by Crippen LogP contribution is -2.42. The van der Waals surface area contributed by atoms with Gasteiger partial charge in [-0.15, -0.1) is 6.58 Å². The van der Waals surface area contributed by atoms with Crippen LogP contribution < -0.4 is 5.73 Å². The summed E-state index contributed by atoms with van der Waals surface area (Å²) in [7, 11) is 2.24. The van der Waals surface area contributed by atoms with E-state index in [2.05, 4.69) is 18.5 Å². The molecular weight excluding hydrogens is 196 g/mol. The molecule has 92 valence electrons. The highest BCUT2D eigenvalue weighted by molar-refractivity contribution is 4.99. The quantitative estimate of drug-likeness (QED) is 0.552. The van der Waals surface area contributed by atoms with Gasteiger partial charge >= 0.3 is 0 Å². The van der Waals surface area contributed by atoms with Crippen LogP contribution >= 0.6 is 0 Å². The first-order valence-corrected chi connectivity index (χ1v) is 6.77. The van der Waals surface area contributed by atoms with Crippen LogP contribution in [0.2, 0.25) is 0 Å². The van der Waals surface area contributed by atoms with Crippen LogP contribution in [0.3, 0.4) is 0 Å². The van der Waals surface area contributed by atoms with Crippen LogP contribution in [0.25, 0.3) is 0 Å². The highest BCUT2D eigenvalue weighted by atomic mass is 15.1. The molecular formula is C14H26N2. The molecule has 0 saturated heterocycles. The molecule has 2 N–H and O–H groups in total. The first-order valence-electron chi connectivity index (χ1n) is 6.77. The van der Waals surface area contributed by atoms with Crippen molar-refractivity contribution in [2.24, 2.45) is 23.5 Å². The molecule has 2 aliphatic carbocycles. The molecule has 0 aromatic heterocycles. The average molecular weight is 222 g/mol. The Morgan fingerprint density at radius 3 is 2.75 bits per heavy atom. The van der Waals surface area contributed by atoms with E-state index in [9.17, 15) is 0 Å². The van der Waals surface area contributed by atoms with E-state index in [0.29, 0.717) is 6.04 Å². The number of nitrogens with two attached hydrogens (primary N) is 1. The molecule has 0 aromatic rings. The third kappa shape index (κ3) is 2.49. The van der Waals surface area contributed by atoms with Gasteiger partial charge in [-0.3, -0.25) is 0 Å². The van der Waals surface area contributed by atoms with Crippen LogP contribution in [0, 0.1) is 17.8 Å². The van der Waals surface area contributed by atoms with Gasteiger partial charge in [-0.25, -0.2) is 0 Å². The zero-order valence-electron chi connectivity index (χ0n) is 10.6. The van der Waals surface area contributed by atoms with Gasteiger partial charge in [-0.1, -0.05) is 6.08 Å². The van der Waals surface area contributed by atoms with Crippen molar-refractivity contribution in [3.8, 4) is 0 Å². The molecule has 0 heterocycles. The maximum Gasteiger partial charge on any atom is 0.0111 e. The lowest BCUT2D eigenvalue weighted by atomic mass is 9.84. The van der Waals surface area contributed by atoms with E-state index >= 15 is 0 Å². The van der Waals surface area contributed by atoms with E-state index in [1.807, 2.05) is 6.08 Å². The molecule has 2 bridgehead atoms. The highest BCUT2D eigenvalue weighted by Crippen LogP contribution is 2.47. The number of fused-ring (bicyclic) bond motifs is 2. The zero-order valence-corrected chi connectivity index (χ0v) is 10.6. The van der Waals surface area contributed by atoms with Gasteiger partial charge < -0.3 is 10.6 Å². The van der Waals surface area contributed by atoms with Gasteiger partial charge in [-0.05, 0) is 63.5 Å². The van der Waals surface area contributed by atoms with E-state index < -0.39 is 0 Å². The molecule has 0 aliphatic heterocycles. The molecule has 2 rings (SSSR count). The van der Waals surface area contributed by atoms with Gasteiger partial charge in [0.25, 0.3) is 0 Å². The van der Waals surface area contributed by atoms with Crippen LogP contribution in [0.4, 0.5) is 0 Å². The summed E-state index contributed by atoms with van der Waals surface area (Å²) in [6.07, 6.45) is 8.61. The largest absolute Gasteiger partial charge is 0.327 e. The summed E-state index contributed by atoms with van der Waals surface area (Å²) in [5.41, 5.74) is 6.32. The normalized spacial score (nSPS) is 37.2. The Morgan fingerprint density at radius 1 is 1.38 bits per heavy atom. The summed E-state index contributed by atoms with van der Waals surface area (Å²) >= 11 is 0. The maximum atomic E-state index is 6.32. The van der Waals surface area contributed by atoms with Crippen molar-refractivity contribution < 1.29 is 0 Å². The fourth-order valence-electron chi connectivity index (χ4n) is 3.68. The van der Waals surface area contributed by atoms with Crippen molar-refractivity contribution in [2.75, 3.05) is 20.1 Å². The van der Waals surface area contributed by atoms with Crippen molar-refractivity contribution in [2.45, 2.75) is 38.1 Å². The Morgan fingerprint density at radius 2 is 2.12 bits per heavy atom. The molecule has 2 nitrogen and oxygen atoms in total. The zero-order chi connectivity index (χ0) is 11.5. The highest BCUT2D eigenvalue weighted by Gasteiger charge is 2.45. The van der Waals surface area contributed by atoms with Gasteiger partial charge in [0.15, 0.2) is 0 Å². The number of rotatable bonds is 6. The Labute approximate surface area is 99.9 Å². The monoisotopic (exact) mass is 222 g/mol. The first-order chi connectivity index (χ1) is 7.72. The molecule has 2 saturated carbocycles. The summed E-state index contributed by atoms with van der Waals surface area (Å²) in [5.74, 6) is 2.55. The Balaban J connectivity index is 1.74. The molecule has 2 heteroatoms. The molecule has 16 heavy (non-hydrogen) atoms. The molecule has 4 atom stereocenters. The van der Waals surface area contributed by atoms with Crippen molar-refractivity contribution in [3.05, 3.63) is 12.7 Å². The standard InChI is InChI=1S/C14H26N2/c1-3-4-5-8-16(2)10-13-11-6-7-12(9-11)14(13)15/h3,11-14H,1,4-10,15H2,2H3. The Bertz CT molecular complexity index is 237. The van der Waals surface area contributed by atoms with E-state index in [4.69, 9.17) is 5.73 Å². The van der Waals surface area contributed by atoms with Gasteiger partial charge in [-0.2, -0.15) is 0 Å². The lowest BCUT2D eigenvalue weighted by molar-refractivity contribution is 0.198. The summed E-state index contributed by atoms with van der Waals surface area (Å²) in [4.78, 5) is 2.47. The van der Waals surface area contributed by atoms with E-state index in [0.717, 1.165) is 24.2 Å². The molecule has 2 fully saturated rings. The predicted molar refractivity (Wildman–Crippen MR) is 69.2 cm³/mol. The molecule has 0 spiro atoms. The minimum atomic E-state index is 0.487. The second-order valence-electron chi connectivity index (χ2n) is 5.77. The van der Waals surface area contributed by atoms with Crippen molar-refractivity contribution in [1.29, 1.82) is 0 Å². The fourth-order valence-corrected chi connectivity index (χ4v) is 3.68. The van der Waals surface area contributed by atoms with Gasteiger partial charge in [0.1, 0.15) is 0 Å². The Kier molecular flexibility index (Phi) is 4.04. The van der Waals surface area contributed by atoms with Gasteiger partial charge in [0.05, 0.1) is 0 Å².